The molecule has 0 radical (unpaired) electrons. The summed E-state index contributed by atoms with van der Waals surface area (Å²) < 4.78 is 32.8. The van der Waals surface area contributed by atoms with E-state index in [2.05, 4.69) is 0 Å². The van der Waals surface area contributed by atoms with Crippen LogP contribution in [0.4, 0.5) is 11.4 Å². The predicted molar refractivity (Wildman–Crippen MR) is 151 cm³/mol. The van der Waals surface area contributed by atoms with Gasteiger partial charge in [0.15, 0.2) is 0 Å². The molecule has 1 saturated heterocycles. The molecular weight excluding hydrogens is 514 g/mol. The van der Waals surface area contributed by atoms with Crippen LogP contribution in [0.2, 0.25) is 0 Å². The number of hydrogen-bond donors (Lipinski definition) is 0. The zero-order valence-electron chi connectivity index (χ0n) is 22.4. The molecule has 0 bridgehead atoms. The number of amides is 2. The van der Waals surface area contributed by atoms with Gasteiger partial charge in [-0.25, -0.2) is 8.42 Å². The monoisotopic (exact) mass is 547 g/mol. The maximum Gasteiger partial charge on any atom is 0.258 e. The van der Waals surface area contributed by atoms with E-state index in [0.717, 1.165) is 24.1 Å². The molecule has 2 aliphatic heterocycles. The maximum atomic E-state index is 13.6. The summed E-state index contributed by atoms with van der Waals surface area (Å²) in [6.07, 6.45) is 2.26. The van der Waals surface area contributed by atoms with Crippen LogP contribution in [0, 0.1) is 0 Å². The van der Waals surface area contributed by atoms with Gasteiger partial charge in [0.1, 0.15) is 5.75 Å². The highest BCUT2D eigenvalue weighted by Crippen LogP contribution is 2.43. The number of sulfonamides is 1. The number of hydrogen-bond acceptors (Lipinski definition) is 5. The fraction of sp³-hybridized carbons (Fsp3) is 0.333. The Morgan fingerprint density at radius 1 is 0.923 bits per heavy atom. The zero-order valence-corrected chi connectivity index (χ0v) is 23.2. The largest absolute Gasteiger partial charge is 0.497 e. The lowest BCUT2D eigenvalue weighted by Gasteiger charge is -2.43. The van der Waals surface area contributed by atoms with Gasteiger partial charge in [0.25, 0.3) is 5.91 Å². The lowest BCUT2D eigenvalue weighted by molar-refractivity contribution is -0.117. The molecule has 2 amide bonds. The van der Waals surface area contributed by atoms with Crippen LogP contribution in [0.3, 0.4) is 0 Å². The van der Waals surface area contributed by atoms with E-state index in [4.69, 9.17) is 4.74 Å². The van der Waals surface area contributed by atoms with Gasteiger partial charge in [0.2, 0.25) is 15.9 Å². The van der Waals surface area contributed by atoms with Crippen molar-refractivity contribution in [2.45, 2.75) is 50.1 Å². The van der Waals surface area contributed by atoms with Gasteiger partial charge in [0.05, 0.1) is 18.0 Å². The number of fused-ring (bicyclic) bond motifs is 1. The van der Waals surface area contributed by atoms with E-state index in [9.17, 15) is 18.0 Å². The Bertz CT molecular complexity index is 1470. The van der Waals surface area contributed by atoms with Crippen LogP contribution in [0.5, 0.6) is 5.75 Å². The Morgan fingerprint density at radius 2 is 1.56 bits per heavy atom. The quantitative estimate of drug-likeness (QED) is 0.433. The fourth-order valence-electron chi connectivity index (χ4n) is 5.65. The molecule has 3 aromatic carbocycles. The number of ether oxygens (including phenoxy) is 1. The van der Waals surface area contributed by atoms with E-state index in [1.807, 2.05) is 31.2 Å². The molecule has 2 aliphatic rings. The zero-order chi connectivity index (χ0) is 27.7. The molecule has 1 fully saturated rings. The standard InChI is InChI=1S/C30H33N3O5S/c1-21-20-29(27-8-4-5-9-28(27)32(21)30(35)23-10-14-25(38-3)15-11-23)33(22(2)34)24-12-16-26(17-13-24)39(36,37)31-18-6-7-19-31/h4-5,8-17,21,29H,6-7,18-20H2,1-3H3/t21-,29+/m0/s1. The van der Waals surface area contributed by atoms with Gasteiger partial charge in [-0.2, -0.15) is 4.31 Å². The molecule has 0 aliphatic carbocycles. The molecule has 0 spiro atoms. The molecule has 39 heavy (non-hydrogen) atoms. The first kappa shape index (κ1) is 26.9. The highest BCUT2D eigenvalue weighted by Gasteiger charge is 2.38. The second kappa shape index (κ2) is 10.8. The molecule has 0 N–H and O–H groups in total. The SMILES string of the molecule is COc1ccc(C(=O)N2c3ccccc3[C@H](N(C(C)=O)c3ccc(S(=O)(=O)N4CCCC4)cc3)C[C@@H]2C)cc1. The Balaban J connectivity index is 1.48. The molecule has 5 rings (SSSR count). The predicted octanol–water partition coefficient (Wildman–Crippen LogP) is 5.01. The van der Waals surface area contributed by atoms with E-state index in [1.54, 1.807) is 65.4 Å². The van der Waals surface area contributed by atoms with Crippen LogP contribution in [-0.2, 0) is 14.8 Å². The third-order valence-electron chi connectivity index (χ3n) is 7.58. The molecule has 204 valence electrons. The van der Waals surface area contributed by atoms with Gasteiger partial charge in [-0.1, -0.05) is 18.2 Å². The molecule has 2 atom stereocenters. The Kier molecular flexibility index (Phi) is 7.46. The highest BCUT2D eigenvalue weighted by molar-refractivity contribution is 7.89. The highest BCUT2D eigenvalue weighted by atomic mass is 32.2. The number of para-hydroxylation sites is 1. The molecule has 0 aromatic heterocycles. The summed E-state index contributed by atoms with van der Waals surface area (Å²) in [5.41, 5.74) is 2.78. The van der Waals surface area contributed by atoms with E-state index in [0.29, 0.717) is 36.5 Å². The summed E-state index contributed by atoms with van der Waals surface area (Å²) in [4.78, 5) is 30.4. The third-order valence-corrected chi connectivity index (χ3v) is 9.50. The third kappa shape index (κ3) is 5.04. The van der Waals surface area contributed by atoms with Crippen LogP contribution >= 0.6 is 0 Å². The second-order valence-corrected chi connectivity index (χ2v) is 12.0. The molecule has 3 aromatic rings. The lowest BCUT2D eigenvalue weighted by Crippen LogP contribution is -2.47. The number of nitrogens with zero attached hydrogens (tertiary/aromatic N) is 3. The van der Waals surface area contributed by atoms with Crippen LogP contribution < -0.4 is 14.5 Å². The van der Waals surface area contributed by atoms with Gasteiger partial charge in [-0.3, -0.25) is 9.59 Å². The summed E-state index contributed by atoms with van der Waals surface area (Å²) in [6, 6.07) is 20.7. The summed E-state index contributed by atoms with van der Waals surface area (Å²) in [5.74, 6) is 0.393. The minimum atomic E-state index is -3.55. The van der Waals surface area contributed by atoms with Crippen LogP contribution in [0.15, 0.2) is 77.7 Å². The Morgan fingerprint density at radius 3 is 2.18 bits per heavy atom. The van der Waals surface area contributed by atoms with Gasteiger partial charge >= 0.3 is 0 Å². The fourth-order valence-corrected chi connectivity index (χ4v) is 7.16. The van der Waals surface area contributed by atoms with Crippen molar-refractivity contribution in [1.82, 2.24) is 4.31 Å². The van der Waals surface area contributed by atoms with Crippen LogP contribution in [0.25, 0.3) is 0 Å². The minimum absolute atomic E-state index is 0.123. The number of methoxy groups -OCH3 is 1. The number of carbonyl (C=O) groups excluding carboxylic acids is 2. The normalized spacial score (nSPS) is 19.4. The van der Waals surface area contributed by atoms with Crippen molar-refractivity contribution in [2.75, 3.05) is 30.0 Å². The van der Waals surface area contributed by atoms with Crippen molar-refractivity contribution in [1.29, 1.82) is 0 Å². The van der Waals surface area contributed by atoms with E-state index in [1.165, 1.54) is 11.2 Å². The molecule has 0 saturated carbocycles. The average molecular weight is 548 g/mol. The molecule has 0 unspecified atom stereocenters. The number of benzene rings is 3. The lowest BCUT2D eigenvalue weighted by atomic mass is 9.89. The minimum Gasteiger partial charge on any atom is -0.497 e. The topological polar surface area (TPSA) is 87.2 Å². The number of rotatable bonds is 6. The summed E-state index contributed by atoms with van der Waals surface area (Å²) in [7, 11) is -1.97. The first-order chi connectivity index (χ1) is 18.7. The van der Waals surface area contributed by atoms with E-state index in [-0.39, 0.29) is 28.8 Å². The summed E-state index contributed by atoms with van der Waals surface area (Å²) >= 11 is 0. The van der Waals surface area contributed by atoms with E-state index < -0.39 is 10.0 Å². The number of carbonyl (C=O) groups is 2. The van der Waals surface area contributed by atoms with Crippen molar-refractivity contribution in [3.63, 3.8) is 0 Å². The van der Waals surface area contributed by atoms with Crippen molar-refractivity contribution in [2.24, 2.45) is 0 Å². The number of anilines is 2. The Labute approximate surface area is 229 Å². The van der Waals surface area contributed by atoms with Crippen molar-refractivity contribution in [3.05, 3.63) is 83.9 Å². The van der Waals surface area contributed by atoms with Crippen molar-refractivity contribution in [3.8, 4) is 5.75 Å². The molecule has 8 nitrogen and oxygen atoms in total. The van der Waals surface area contributed by atoms with E-state index >= 15 is 0 Å². The Hall–Kier alpha value is -3.69. The summed E-state index contributed by atoms with van der Waals surface area (Å²) in [5, 5.41) is 0. The van der Waals surface area contributed by atoms with Crippen LogP contribution in [0.1, 0.15) is 55.1 Å². The first-order valence-electron chi connectivity index (χ1n) is 13.2. The van der Waals surface area contributed by atoms with Gasteiger partial charge < -0.3 is 14.5 Å². The molecular formula is C30H33N3O5S. The van der Waals surface area contributed by atoms with Crippen molar-refractivity contribution < 1.29 is 22.7 Å². The second-order valence-electron chi connectivity index (χ2n) is 10.1. The average Bonchev–Trinajstić information content (AvgIpc) is 3.49. The summed E-state index contributed by atoms with van der Waals surface area (Å²) in [6.45, 7) is 4.56. The molecule has 9 heteroatoms. The first-order valence-corrected chi connectivity index (χ1v) is 14.6. The van der Waals surface area contributed by atoms with Crippen LogP contribution in [-0.4, -0.2) is 50.8 Å². The van der Waals surface area contributed by atoms with Crippen molar-refractivity contribution >= 4 is 33.2 Å². The van der Waals surface area contributed by atoms with Gasteiger partial charge in [0, 0.05) is 43.0 Å². The van der Waals surface area contributed by atoms with Gasteiger partial charge in [-0.05, 0) is 86.3 Å². The maximum absolute atomic E-state index is 13.6. The smallest absolute Gasteiger partial charge is 0.258 e. The van der Waals surface area contributed by atoms with Gasteiger partial charge in [-0.15, -0.1) is 0 Å². The molecule has 2 heterocycles.